The molecule has 4 rings (SSSR count). The Morgan fingerprint density at radius 2 is 1.91 bits per heavy atom. The molecule has 1 aliphatic carbocycles. The summed E-state index contributed by atoms with van der Waals surface area (Å²) in [6.45, 7) is 8.16. The predicted octanol–water partition coefficient (Wildman–Crippen LogP) is 4.66. The highest BCUT2D eigenvalue weighted by molar-refractivity contribution is 7.92. The van der Waals surface area contributed by atoms with Crippen LogP contribution in [0.5, 0.6) is 0 Å². The van der Waals surface area contributed by atoms with Gasteiger partial charge in [-0.25, -0.2) is 4.72 Å². The number of Topliss-reactive ketones (excluding diaryl/α,β-unsaturated/α-hetero) is 1. The van der Waals surface area contributed by atoms with Gasteiger partial charge in [0.1, 0.15) is 23.4 Å². The molecule has 0 fully saturated rings. The number of rotatable bonds is 5. The first-order valence-corrected chi connectivity index (χ1v) is 14.4. The van der Waals surface area contributed by atoms with Gasteiger partial charge in [-0.1, -0.05) is 45.0 Å². The lowest BCUT2D eigenvalue weighted by atomic mass is 9.65. The second-order valence-electron chi connectivity index (χ2n) is 10.4. The SMILES string of the molecule is C[S+]([O-])Nc1ccc2c(c1)P(=O)(O)N=C(C1=C(O)c3ccccc3C(C)(CCC(C)(C)C)C1=O)N2. The molecular weight excluding hydrogens is 485 g/mol. The third kappa shape index (κ3) is 4.78. The van der Waals surface area contributed by atoms with E-state index in [9.17, 15) is 23.9 Å². The normalized spacial score (nSPS) is 24.8. The van der Waals surface area contributed by atoms with Crippen LogP contribution >= 0.6 is 7.52 Å². The van der Waals surface area contributed by atoms with Gasteiger partial charge in [0.15, 0.2) is 5.78 Å². The molecule has 35 heavy (non-hydrogen) atoms. The largest absolute Gasteiger partial charge is 0.593 e. The maximum absolute atomic E-state index is 14.0. The standard InChI is InChI=1S/C25H30N3O5PS/c1-24(2,3)12-13-25(4)17-9-7-6-8-16(17)21(29)20(22(25)30)23-26-18-11-10-15(28-35(5)33)14-19(18)34(31,32)27-23/h6-11,14,28-29H,12-13H2,1-5H3,(H2,26,27,31,32). The number of aliphatic hydroxyl groups is 1. The molecule has 1 heterocycles. The minimum Gasteiger partial charge on any atom is -0.593 e. The number of hydrogen-bond acceptors (Lipinski definition) is 6. The number of carbonyl (C=O) groups is 1. The molecule has 3 unspecified atom stereocenters. The molecule has 4 N–H and O–H groups in total. The third-order valence-electron chi connectivity index (χ3n) is 6.42. The Kier molecular flexibility index (Phi) is 6.43. The summed E-state index contributed by atoms with van der Waals surface area (Å²) in [6, 6.07) is 11.8. The first-order valence-electron chi connectivity index (χ1n) is 11.3. The van der Waals surface area contributed by atoms with E-state index in [0.717, 1.165) is 12.0 Å². The highest BCUT2D eigenvalue weighted by atomic mass is 32.2. The van der Waals surface area contributed by atoms with Crippen LogP contribution in [0.2, 0.25) is 0 Å². The van der Waals surface area contributed by atoms with Gasteiger partial charge in [0, 0.05) is 5.56 Å². The minimum absolute atomic E-state index is 0.0180. The van der Waals surface area contributed by atoms with Crippen molar-refractivity contribution in [3.63, 3.8) is 0 Å². The molecule has 0 aromatic heterocycles. The minimum atomic E-state index is -4.30. The lowest BCUT2D eigenvalue weighted by Crippen LogP contribution is -2.43. The molecule has 0 bridgehead atoms. The summed E-state index contributed by atoms with van der Waals surface area (Å²) in [5, 5.41) is 14.2. The van der Waals surface area contributed by atoms with Crippen molar-refractivity contribution in [1.82, 2.24) is 0 Å². The number of benzene rings is 2. The lowest BCUT2D eigenvalue weighted by Gasteiger charge is -2.38. The fourth-order valence-corrected chi connectivity index (χ4v) is 6.21. The van der Waals surface area contributed by atoms with Crippen molar-refractivity contribution in [3.05, 3.63) is 59.2 Å². The molecule has 0 saturated carbocycles. The fourth-order valence-electron chi connectivity index (χ4n) is 4.47. The Bertz CT molecular complexity index is 1310. The van der Waals surface area contributed by atoms with Crippen LogP contribution < -0.4 is 15.3 Å². The summed E-state index contributed by atoms with van der Waals surface area (Å²) in [5.41, 5.74) is 0.853. The molecular formula is C25H30N3O5PS. The number of fused-ring (bicyclic) bond motifs is 2. The number of hydrogen-bond donors (Lipinski definition) is 4. The van der Waals surface area contributed by atoms with Crippen LogP contribution in [-0.4, -0.2) is 32.4 Å². The monoisotopic (exact) mass is 515 g/mol. The Balaban J connectivity index is 1.82. The zero-order chi connectivity index (χ0) is 25.8. The number of amidine groups is 1. The zero-order valence-corrected chi connectivity index (χ0v) is 22.1. The molecule has 2 aliphatic rings. The molecule has 8 nitrogen and oxygen atoms in total. The van der Waals surface area contributed by atoms with E-state index < -0.39 is 24.3 Å². The molecule has 10 heteroatoms. The Labute approximate surface area is 208 Å². The highest BCUT2D eigenvalue weighted by Crippen LogP contribution is 2.50. The van der Waals surface area contributed by atoms with Crippen LogP contribution in [0.3, 0.4) is 0 Å². The maximum atomic E-state index is 14.0. The van der Waals surface area contributed by atoms with E-state index in [1.807, 2.05) is 19.1 Å². The number of ketones is 1. The second kappa shape index (κ2) is 8.82. The van der Waals surface area contributed by atoms with Gasteiger partial charge >= 0.3 is 7.52 Å². The predicted molar refractivity (Wildman–Crippen MR) is 142 cm³/mol. The van der Waals surface area contributed by atoms with Crippen molar-refractivity contribution in [1.29, 1.82) is 0 Å². The van der Waals surface area contributed by atoms with Crippen LogP contribution in [0.15, 0.2) is 52.8 Å². The highest BCUT2D eigenvalue weighted by Gasteiger charge is 2.47. The average Bonchev–Trinajstić information content (AvgIpc) is 2.76. The van der Waals surface area contributed by atoms with Crippen LogP contribution in [0, 0.1) is 5.41 Å². The van der Waals surface area contributed by atoms with Crippen LogP contribution in [0.25, 0.3) is 5.76 Å². The van der Waals surface area contributed by atoms with Gasteiger partial charge < -0.3 is 19.9 Å². The molecule has 2 aromatic carbocycles. The second-order valence-corrected chi connectivity index (χ2v) is 13.3. The molecule has 3 atom stereocenters. The third-order valence-corrected chi connectivity index (χ3v) is 8.41. The maximum Gasteiger partial charge on any atom is 0.346 e. The summed E-state index contributed by atoms with van der Waals surface area (Å²) < 4.78 is 31.4. The van der Waals surface area contributed by atoms with E-state index in [1.54, 1.807) is 24.3 Å². The van der Waals surface area contributed by atoms with Gasteiger partial charge in [0.05, 0.1) is 33.5 Å². The van der Waals surface area contributed by atoms with Crippen molar-refractivity contribution in [3.8, 4) is 0 Å². The van der Waals surface area contributed by atoms with Gasteiger partial charge in [-0.05, 0) is 48.9 Å². The summed E-state index contributed by atoms with van der Waals surface area (Å²) in [5.74, 6) is -0.761. The van der Waals surface area contributed by atoms with Gasteiger partial charge in [0.2, 0.25) is 0 Å². The van der Waals surface area contributed by atoms with Gasteiger partial charge in [-0.15, -0.1) is 0 Å². The summed E-state index contributed by atoms with van der Waals surface area (Å²) in [4.78, 5) is 24.8. The molecule has 0 saturated heterocycles. The van der Waals surface area contributed by atoms with Gasteiger partial charge in [-0.3, -0.25) is 9.36 Å². The number of nitrogens with zero attached hydrogens (tertiary/aromatic N) is 1. The van der Waals surface area contributed by atoms with E-state index in [0.29, 0.717) is 17.7 Å². The van der Waals surface area contributed by atoms with E-state index in [-0.39, 0.29) is 39.4 Å². The molecule has 2 aromatic rings. The smallest absolute Gasteiger partial charge is 0.346 e. The Morgan fingerprint density at radius 1 is 1.23 bits per heavy atom. The van der Waals surface area contributed by atoms with Crippen LogP contribution in [0.1, 0.15) is 51.7 Å². The molecule has 0 amide bonds. The summed E-state index contributed by atoms with van der Waals surface area (Å²) in [7, 11) is -4.30. The van der Waals surface area contributed by atoms with Crippen molar-refractivity contribution in [2.24, 2.45) is 10.2 Å². The Hall–Kier alpha value is -2.58. The molecule has 186 valence electrons. The Morgan fingerprint density at radius 3 is 2.57 bits per heavy atom. The number of nitrogens with one attached hydrogen (secondary N) is 2. The number of carbonyl (C=O) groups excluding carboxylic acids is 1. The number of anilines is 2. The van der Waals surface area contributed by atoms with Gasteiger partial charge in [0.25, 0.3) is 0 Å². The number of aliphatic hydroxyl groups excluding tert-OH is 1. The average molecular weight is 516 g/mol. The van der Waals surface area contributed by atoms with E-state index in [1.165, 1.54) is 12.3 Å². The fraction of sp³-hybridized carbons (Fsp3) is 0.360. The zero-order valence-electron chi connectivity index (χ0n) is 20.4. The van der Waals surface area contributed by atoms with Crippen molar-refractivity contribution < 1.29 is 23.9 Å². The van der Waals surface area contributed by atoms with Crippen LogP contribution in [-0.2, 0) is 26.1 Å². The molecule has 0 spiro atoms. The van der Waals surface area contributed by atoms with E-state index >= 15 is 0 Å². The van der Waals surface area contributed by atoms with E-state index in [2.05, 4.69) is 35.6 Å². The topological polar surface area (TPSA) is 134 Å². The van der Waals surface area contributed by atoms with Gasteiger partial charge in [-0.2, -0.15) is 4.76 Å². The summed E-state index contributed by atoms with van der Waals surface area (Å²) in [6.07, 6.45) is 2.74. The first-order chi connectivity index (χ1) is 16.2. The van der Waals surface area contributed by atoms with Crippen molar-refractivity contribution >= 4 is 52.9 Å². The van der Waals surface area contributed by atoms with E-state index in [4.69, 9.17) is 0 Å². The molecule has 0 radical (unpaired) electrons. The molecule has 1 aliphatic heterocycles. The quantitative estimate of drug-likeness (QED) is 0.336. The van der Waals surface area contributed by atoms with Crippen LogP contribution in [0.4, 0.5) is 11.4 Å². The van der Waals surface area contributed by atoms with Crippen molar-refractivity contribution in [2.45, 2.75) is 46.0 Å². The lowest BCUT2D eigenvalue weighted by molar-refractivity contribution is -0.120. The first kappa shape index (κ1) is 25.5. The summed E-state index contributed by atoms with van der Waals surface area (Å²) >= 11 is -1.36. The van der Waals surface area contributed by atoms with Crippen molar-refractivity contribution in [2.75, 3.05) is 16.3 Å².